The third kappa shape index (κ3) is 3.70. The average Bonchev–Trinajstić information content (AvgIpc) is 3.29. The standard InChI is InChI=1S/C21H13BrN2O5/c22-14-5-7-15(8-6-14)24-20(26)17(19(25)23-24)11-16-9-10-18(29-16)12-1-3-13(4-2-12)21(27)28/h1-11H,(H,23,25)(H,27,28). The van der Waals surface area contributed by atoms with Gasteiger partial charge in [-0.15, -0.1) is 0 Å². The van der Waals surface area contributed by atoms with E-state index >= 15 is 0 Å². The van der Waals surface area contributed by atoms with Gasteiger partial charge in [0.15, 0.2) is 0 Å². The Morgan fingerprint density at radius 1 is 1.00 bits per heavy atom. The van der Waals surface area contributed by atoms with Gasteiger partial charge in [-0.25, -0.2) is 9.80 Å². The second-order valence-corrected chi connectivity index (χ2v) is 7.12. The lowest BCUT2D eigenvalue weighted by Gasteiger charge is -2.14. The number of nitrogens with zero attached hydrogens (tertiary/aromatic N) is 1. The maximum Gasteiger partial charge on any atom is 0.335 e. The number of carbonyl (C=O) groups is 3. The van der Waals surface area contributed by atoms with Crippen molar-refractivity contribution in [2.24, 2.45) is 0 Å². The number of amides is 2. The SMILES string of the molecule is O=C1NN(c2ccc(Br)cc2)C(=O)C1=Cc1ccc(-c2ccc(C(=O)O)cc2)o1. The van der Waals surface area contributed by atoms with Gasteiger partial charge in [0.05, 0.1) is 11.3 Å². The van der Waals surface area contributed by atoms with Crippen LogP contribution in [0, 0.1) is 0 Å². The van der Waals surface area contributed by atoms with Crippen LogP contribution in [0.15, 0.2) is 75.1 Å². The Morgan fingerprint density at radius 2 is 1.69 bits per heavy atom. The summed E-state index contributed by atoms with van der Waals surface area (Å²) in [7, 11) is 0. The summed E-state index contributed by atoms with van der Waals surface area (Å²) in [6.07, 6.45) is 1.38. The summed E-state index contributed by atoms with van der Waals surface area (Å²) in [6.45, 7) is 0. The molecular weight excluding hydrogens is 440 g/mol. The fourth-order valence-corrected chi connectivity index (χ4v) is 3.10. The van der Waals surface area contributed by atoms with E-state index in [1.165, 1.54) is 23.2 Å². The molecule has 1 fully saturated rings. The van der Waals surface area contributed by atoms with Gasteiger partial charge in [0, 0.05) is 10.0 Å². The van der Waals surface area contributed by atoms with Crippen LogP contribution in [0.3, 0.4) is 0 Å². The minimum absolute atomic E-state index is 0.0463. The topological polar surface area (TPSA) is 99.9 Å². The third-order valence-electron chi connectivity index (χ3n) is 4.31. The number of nitrogens with one attached hydrogen (secondary N) is 1. The summed E-state index contributed by atoms with van der Waals surface area (Å²) in [5, 5.41) is 10.1. The van der Waals surface area contributed by atoms with Crippen molar-refractivity contribution >= 4 is 45.5 Å². The minimum atomic E-state index is -1.01. The lowest BCUT2D eigenvalue weighted by molar-refractivity contribution is -0.117. The van der Waals surface area contributed by atoms with Crippen molar-refractivity contribution in [1.82, 2.24) is 5.43 Å². The quantitative estimate of drug-likeness (QED) is 0.462. The number of furan rings is 1. The maximum absolute atomic E-state index is 12.6. The molecular formula is C21H13BrN2O5. The van der Waals surface area contributed by atoms with Crippen LogP contribution in [0.1, 0.15) is 16.1 Å². The number of carboxylic acids is 1. The zero-order valence-corrected chi connectivity index (χ0v) is 16.3. The van der Waals surface area contributed by atoms with E-state index in [2.05, 4.69) is 21.4 Å². The van der Waals surface area contributed by atoms with E-state index in [1.54, 1.807) is 48.5 Å². The van der Waals surface area contributed by atoms with Gasteiger partial charge in [-0.2, -0.15) is 0 Å². The highest BCUT2D eigenvalue weighted by atomic mass is 79.9. The fourth-order valence-electron chi connectivity index (χ4n) is 2.83. The van der Waals surface area contributed by atoms with E-state index in [0.29, 0.717) is 22.8 Å². The molecule has 0 atom stereocenters. The summed E-state index contributed by atoms with van der Waals surface area (Å²) in [5.74, 6) is -1.20. The number of hydrogen-bond donors (Lipinski definition) is 2. The first-order chi connectivity index (χ1) is 13.9. The Kier molecular flexibility index (Phi) is 4.77. The Balaban J connectivity index is 1.58. The molecule has 2 heterocycles. The first-order valence-electron chi connectivity index (χ1n) is 8.48. The molecule has 144 valence electrons. The van der Waals surface area contributed by atoms with E-state index in [0.717, 1.165) is 4.47 Å². The number of hydrogen-bond acceptors (Lipinski definition) is 4. The summed E-state index contributed by atoms with van der Waals surface area (Å²) in [4.78, 5) is 35.9. The van der Waals surface area contributed by atoms with E-state index in [1.807, 2.05) is 0 Å². The van der Waals surface area contributed by atoms with Crippen molar-refractivity contribution in [3.8, 4) is 11.3 Å². The molecule has 29 heavy (non-hydrogen) atoms. The van der Waals surface area contributed by atoms with Crippen molar-refractivity contribution in [1.29, 1.82) is 0 Å². The van der Waals surface area contributed by atoms with Crippen LogP contribution in [-0.4, -0.2) is 22.9 Å². The van der Waals surface area contributed by atoms with Gasteiger partial charge >= 0.3 is 5.97 Å². The summed E-state index contributed by atoms with van der Waals surface area (Å²) in [5.41, 5.74) is 3.87. The van der Waals surface area contributed by atoms with Gasteiger partial charge in [-0.1, -0.05) is 28.1 Å². The first kappa shape index (κ1) is 18.7. The number of halogens is 1. The van der Waals surface area contributed by atoms with Crippen LogP contribution in [0.2, 0.25) is 0 Å². The Hall–Kier alpha value is -3.65. The van der Waals surface area contributed by atoms with E-state index in [9.17, 15) is 14.4 Å². The summed E-state index contributed by atoms with van der Waals surface area (Å²) >= 11 is 3.33. The lowest BCUT2D eigenvalue weighted by atomic mass is 10.1. The van der Waals surface area contributed by atoms with Gasteiger partial charge in [-0.05, 0) is 54.6 Å². The molecule has 0 spiro atoms. The molecule has 1 saturated heterocycles. The van der Waals surface area contributed by atoms with E-state index in [4.69, 9.17) is 9.52 Å². The molecule has 0 saturated carbocycles. The number of hydrazine groups is 1. The molecule has 1 aromatic heterocycles. The molecule has 2 amide bonds. The number of carbonyl (C=O) groups excluding carboxylic acids is 2. The van der Waals surface area contributed by atoms with Crippen molar-refractivity contribution in [3.63, 3.8) is 0 Å². The van der Waals surface area contributed by atoms with E-state index in [-0.39, 0.29) is 11.1 Å². The van der Waals surface area contributed by atoms with Crippen LogP contribution >= 0.6 is 15.9 Å². The third-order valence-corrected chi connectivity index (χ3v) is 4.83. The van der Waals surface area contributed by atoms with Gasteiger partial charge < -0.3 is 9.52 Å². The number of rotatable bonds is 4. The molecule has 3 aromatic rings. The monoisotopic (exact) mass is 452 g/mol. The second-order valence-electron chi connectivity index (χ2n) is 6.20. The molecule has 2 aromatic carbocycles. The molecule has 1 aliphatic rings. The molecule has 1 aliphatic heterocycles. The van der Waals surface area contributed by atoms with E-state index < -0.39 is 17.8 Å². The summed E-state index contributed by atoms with van der Waals surface area (Å²) in [6, 6.07) is 16.5. The number of anilines is 1. The normalized spacial score (nSPS) is 15.1. The fraction of sp³-hybridized carbons (Fsp3) is 0. The Labute approximate surface area is 173 Å². The molecule has 0 aliphatic carbocycles. The number of benzene rings is 2. The lowest BCUT2D eigenvalue weighted by Crippen LogP contribution is -2.35. The Bertz CT molecular complexity index is 1150. The molecule has 0 bridgehead atoms. The van der Waals surface area contributed by atoms with Crippen LogP contribution in [0.25, 0.3) is 17.4 Å². The van der Waals surface area contributed by atoms with Gasteiger partial charge in [0.2, 0.25) is 0 Å². The molecule has 2 N–H and O–H groups in total. The van der Waals surface area contributed by atoms with Crippen LogP contribution in [0.4, 0.5) is 5.69 Å². The van der Waals surface area contributed by atoms with Crippen LogP contribution in [-0.2, 0) is 9.59 Å². The van der Waals surface area contributed by atoms with Crippen molar-refractivity contribution < 1.29 is 23.9 Å². The van der Waals surface area contributed by atoms with Gasteiger partial charge in [0.25, 0.3) is 11.8 Å². The molecule has 0 radical (unpaired) electrons. The average molecular weight is 453 g/mol. The van der Waals surface area contributed by atoms with Crippen molar-refractivity contribution in [2.45, 2.75) is 0 Å². The van der Waals surface area contributed by atoms with Crippen molar-refractivity contribution in [2.75, 3.05) is 5.01 Å². The number of aromatic carboxylic acids is 1. The zero-order valence-electron chi connectivity index (χ0n) is 14.8. The Morgan fingerprint density at radius 3 is 2.34 bits per heavy atom. The largest absolute Gasteiger partial charge is 0.478 e. The highest BCUT2D eigenvalue weighted by molar-refractivity contribution is 9.10. The first-order valence-corrected chi connectivity index (χ1v) is 9.28. The molecule has 8 heteroatoms. The minimum Gasteiger partial charge on any atom is -0.478 e. The molecule has 7 nitrogen and oxygen atoms in total. The van der Waals surface area contributed by atoms with Crippen molar-refractivity contribution in [3.05, 3.63) is 82.0 Å². The maximum atomic E-state index is 12.6. The number of carboxylic acid groups (broad SMARTS) is 1. The van der Waals surface area contributed by atoms with Crippen LogP contribution in [0.5, 0.6) is 0 Å². The predicted octanol–water partition coefficient (Wildman–Crippen LogP) is 3.87. The summed E-state index contributed by atoms with van der Waals surface area (Å²) < 4.78 is 6.56. The molecule has 0 unspecified atom stereocenters. The van der Waals surface area contributed by atoms with Gasteiger partial charge in [-0.3, -0.25) is 15.0 Å². The zero-order chi connectivity index (χ0) is 20.5. The van der Waals surface area contributed by atoms with Crippen LogP contribution < -0.4 is 10.4 Å². The molecule has 4 rings (SSSR count). The predicted molar refractivity (Wildman–Crippen MR) is 109 cm³/mol. The highest BCUT2D eigenvalue weighted by Gasteiger charge is 2.34. The van der Waals surface area contributed by atoms with Gasteiger partial charge in [0.1, 0.15) is 17.1 Å². The smallest absolute Gasteiger partial charge is 0.335 e. The highest BCUT2D eigenvalue weighted by Crippen LogP contribution is 2.26. The second kappa shape index (κ2) is 7.40.